The maximum absolute atomic E-state index is 5.97. The lowest BCUT2D eigenvalue weighted by Crippen LogP contribution is -2.27. The van der Waals surface area contributed by atoms with E-state index in [0.717, 1.165) is 24.4 Å². The molecule has 6 heteroatoms. The molecule has 0 amide bonds. The van der Waals surface area contributed by atoms with Gasteiger partial charge in [-0.25, -0.2) is 4.98 Å². The molecule has 0 aliphatic heterocycles. The molecule has 1 aromatic carbocycles. The van der Waals surface area contributed by atoms with Crippen LogP contribution in [0.2, 0.25) is 5.02 Å². The number of nitrogens with one attached hydrogen (secondary N) is 1. The fraction of sp³-hybridized carbons (Fsp3) is 0.357. The van der Waals surface area contributed by atoms with E-state index in [-0.39, 0.29) is 12.4 Å². The van der Waals surface area contributed by atoms with Crippen LogP contribution < -0.4 is 5.32 Å². The van der Waals surface area contributed by atoms with Crippen LogP contribution in [0, 0.1) is 0 Å². The first kappa shape index (κ1) is 17.0. The van der Waals surface area contributed by atoms with E-state index >= 15 is 0 Å². The topological polar surface area (TPSA) is 41.3 Å². The number of oxazole rings is 1. The second-order valence-electron chi connectivity index (χ2n) is 4.47. The normalized spacial score (nSPS) is 10.6. The van der Waals surface area contributed by atoms with Crippen molar-refractivity contribution in [1.29, 1.82) is 0 Å². The number of halogens is 2. The number of nitrogens with zero attached hydrogens (tertiary/aromatic N) is 2. The molecule has 0 atom stereocenters. The van der Waals surface area contributed by atoms with Crippen LogP contribution in [0.5, 0.6) is 0 Å². The minimum atomic E-state index is 0. The van der Waals surface area contributed by atoms with Gasteiger partial charge in [-0.05, 0) is 26.2 Å². The van der Waals surface area contributed by atoms with E-state index < -0.39 is 0 Å². The van der Waals surface area contributed by atoms with E-state index in [1.807, 2.05) is 38.4 Å². The maximum atomic E-state index is 5.97. The summed E-state index contributed by atoms with van der Waals surface area (Å²) in [6.45, 7) is 2.59. The summed E-state index contributed by atoms with van der Waals surface area (Å²) in [5, 5.41) is 3.81. The van der Waals surface area contributed by atoms with E-state index in [9.17, 15) is 0 Å². The first-order valence-corrected chi connectivity index (χ1v) is 6.60. The Labute approximate surface area is 130 Å². The van der Waals surface area contributed by atoms with Crippen molar-refractivity contribution in [2.45, 2.75) is 6.54 Å². The predicted octanol–water partition coefficient (Wildman–Crippen LogP) is 3.07. The number of likely N-dealkylation sites (N-methyl/N-ethyl adjacent to an activating group) is 2. The van der Waals surface area contributed by atoms with Gasteiger partial charge in [0, 0.05) is 23.7 Å². The van der Waals surface area contributed by atoms with E-state index in [4.69, 9.17) is 16.0 Å². The molecule has 0 saturated heterocycles. The Hall–Kier alpha value is -1.07. The Morgan fingerprint density at radius 2 is 2.20 bits per heavy atom. The van der Waals surface area contributed by atoms with Gasteiger partial charge in [0.25, 0.3) is 0 Å². The minimum Gasteiger partial charge on any atom is -0.439 e. The monoisotopic (exact) mass is 315 g/mol. The van der Waals surface area contributed by atoms with Gasteiger partial charge in [-0.3, -0.25) is 4.90 Å². The number of aromatic nitrogens is 1. The van der Waals surface area contributed by atoms with E-state index in [1.54, 1.807) is 6.20 Å². The summed E-state index contributed by atoms with van der Waals surface area (Å²) < 4.78 is 5.74. The van der Waals surface area contributed by atoms with E-state index in [1.165, 1.54) is 0 Å². The van der Waals surface area contributed by atoms with Crippen molar-refractivity contribution in [3.63, 3.8) is 0 Å². The van der Waals surface area contributed by atoms with Crippen LogP contribution in [-0.4, -0.2) is 37.1 Å². The Morgan fingerprint density at radius 1 is 1.40 bits per heavy atom. The fourth-order valence-electron chi connectivity index (χ4n) is 1.77. The van der Waals surface area contributed by atoms with Crippen LogP contribution in [0.3, 0.4) is 0 Å². The van der Waals surface area contributed by atoms with Gasteiger partial charge in [0.2, 0.25) is 5.89 Å². The first-order valence-electron chi connectivity index (χ1n) is 6.23. The summed E-state index contributed by atoms with van der Waals surface area (Å²) in [5.74, 6) is 1.47. The van der Waals surface area contributed by atoms with E-state index in [0.29, 0.717) is 17.5 Å². The van der Waals surface area contributed by atoms with Gasteiger partial charge in [0.1, 0.15) is 0 Å². The second kappa shape index (κ2) is 8.27. The van der Waals surface area contributed by atoms with Crippen LogP contribution in [0.4, 0.5) is 0 Å². The van der Waals surface area contributed by atoms with Crippen molar-refractivity contribution < 1.29 is 4.42 Å². The number of hydrogen-bond acceptors (Lipinski definition) is 4. The van der Waals surface area contributed by atoms with Gasteiger partial charge >= 0.3 is 0 Å². The largest absolute Gasteiger partial charge is 0.439 e. The molecule has 0 aliphatic carbocycles. The molecule has 20 heavy (non-hydrogen) atoms. The van der Waals surface area contributed by atoms with Crippen molar-refractivity contribution >= 4 is 24.0 Å². The number of rotatable bonds is 6. The average molecular weight is 316 g/mol. The third kappa shape index (κ3) is 4.80. The Morgan fingerprint density at radius 3 is 2.90 bits per heavy atom. The van der Waals surface area contributed by atoms with Crippen LogP contribution in [0.1, 0.15) is 5.89 Å². The average Bonchev–Trinajstić information content (AvgIpc) is 2.85. The van der Waals surface area contributed by atoms with Crippen LogP contribution in [0.15, 0.2) is 34.9 Å². The maximum Gasteiger partial charge on any atom is 0.209 e. The molecule has 1 aromatic heterocycles. The molecular weight excluding hydrogens is 297 g/mol. The molecule has 0 fully saturated rings. The molecule has 1 N–H and O–H groups in total. The third-order valence-corrected chi connectivity index (χ3v) is 3.05. The smallest absolute Gasteiger partial charge is 0.209 e. The summed E-state index contributed by atoms with van der Waals surface area (Å²) >= 11 is 5.97. The standard InChI is InChI=1S/C14H18ClN3O.ClH/c1-16-6-7-18(2)10-14-17-9-13(19-14)11-4-3-5-12(15)8-11;/h3-5,8-9,16H,6-7,10H2,1-2H3;1H. The highest BCUT2D eigenvalue weighted by atomic mass is 35.5. The van der Waals surface area contributed by atoms with Crippen molar-refractivity contribution in [3.8, 4) is 11.3 Å². The van der Waals surface area contributed by atoms with Crippen molar-refractivity contribution in [2.24, 2.45) is 0 Å². The summed E-state index contributed by atoms with van der Waals surface area (Å²) in [6, 6.07) is 7.57. The molecule has 0 unspecified atom stereocenters. The third-order valence-electron chi connectivity index (χ3n) is 2.81. The van der Waals surface area contributed by atoms with E-state index in [2.05, 4.69) is 15.2 Å². The van der Waals surface area contributed by atoms with Gasteiger partial charge in [-0.15, -0.1) is 12.4 Å². The molecule has 0 bridgehead atoms. The molecule has 1 heterocycles. The molecule has 0 aliphatic rings. The van der Waals surface area contributed by atoms with Gasteiger partial charge in [-0.2, -0.15) is 0 Å². The molecule has 0 radical (unpaired) electrons. The van der Waals surface area contributed by atoms with Gasteiger partial charge in [-0.1, -0.05) is 23.7 Å². The Balaban J connectivity index is 0.00000200. The Bertz CT molecular complexity index is 531. The molecular formula is C14H19Cl2N3O. The lowest BCUT2D eigenvalue weighted by atomic mass is 10.2. The van der Waals surface area contributed by atoms with Crippen molar-refractivity contribution in [2.75, 3.05) is 27.2 Å². The van der Waals surface area contributed by atoms with Crippen molar-refractivity contribution in [3.05, 3.63) is 41.4 Å². The molecule has 0 saturated carbocycles. The minimum absolute atomic E-state index is 0. The zero-order valence-corrected chi connectivity index (χ0v) is 13.2. The number of benzene rings is 1. The molecule has 4 nitrogen and oxygen atoms in total. The van der Waals surface area contributed by atoms with Crippen molar-refractivity contribution in [1.82, 2.24) is 15.2 Å². The van der Waals surface area contributed by atoms with Gasteiger partial charge in [0.15, 0.2) is 5.76 Å². The summed E-state index contributed by atoms with van der Waals surface area (Å²) in [4.78, 5) is 6.46. The fourth-order valence-corrected chi connectivity index (χ4v) is 1.96. The summed E-state index contributed by atoms with van der Waals surface area (Å²) in [5.41, 5.74) is 0.948. The predicted molar refractivity (Wildman–Crippen MR) is 84.5 cm³/mol. The highest BCUT2D eigenvalue weighted by Gasteiger charge is 2.08. The lowest BCUT2D eigenvalue weighted by Gasteiger charge is -2.13. The zero-order valence-electron chi connectivity index (χ0n) is 11.6. The van der Waals surface area contributed by atoms with Crippen LogP contribution in [-0.2, 0) is 6.54 Å². The van der Waals surface area contributed by atoms with Gasteiger partial charge < -0.3 is 9.73 Å². The quantitative estimate of drug-likeness (QED) is 0.889. The van der Waals surface area contributed by atoms with Gasteiger partial charge in [0.05, 0.1) is 12.7 Å². The van der Waals surface area contributed by atoms with Crippen LogP contribution >= 0.6 is 24.0 Å². The molecule has 2 aromatic rings. The summed E-state index contributed by atoms with van der Waals surface area (Å²) in [6.07, 6.45) is 1.74. The Kier molecular flexibility index (Phi) is 7.02. The second-order valence-corrected chi connectivity index (χ2v) is 4.91. The lowest BCUT2D eigenvalue weighted by molar-refractivity contribution is 0.291. The SMILES string of the molecule is CNCCN(C)Cc1ncc(-c2cccc(Cl)c2)o1.Cl. The summed E-state index contributed by atoms with van der Waals surface area (Å²) in [7, 11) is 3.98. The first-order chi connectivity index (χ1) is 9.19. The highest BCUT2D eigenvalue weighted by Crippen LogP contribution is 2.23. The molecule has 0 spiro atoms. The molecule has 110 valence electrons. The highest BCUT2D eigenvalue weighted by molar-refractivity contribution is 6.30. The van der Waals surface area contributed by atoms with Crippen LogP contribution in [0.25, 0.3) is 11.3 Å². The zero-order chi connectivity index (χ0) is 13.7. The molecule has 2 rings (SSSR count). The number of hydrogen-bond donors (Lipinski definition) is 1.